The van der Waals surface area contributed by atoms with Crippen molar-refractivity contribution >= 4 is 17.9 Å². The van der Waals surface area contributed by atoms with Crippen molar-refractivity contribution in [1.29, 1.82) is 5.26 Å². The topological polar surface area (TPSA) is 82.9 Å². The number of amides is 1. The number of aliphatic imine (C=N–C) groups is 1. The fraction of sp³-hybridized carbons (Fsp3) is 0.192. The lowest BCUT2D eigenvalue weighted by molar-refractivity contribution is 0.0784. The van der Waals surface area contributed by atoms with Crippen LogP contribution in [0.25, 0.3) is 16.0 Å². The Morgan fingerprint density at radius 1 is 1.30 bits per heavy atom. The van der Waals surface area contributed by atoms with E-state index in [4.69, 9.17) is 11.3 Å². The van der Waals surface area contributed by atoms with Crippen molar-refractivity contribution in [2.75, 3.05) is 13.7 Å². The molecule has 1 amide bonds. The summed E-state index contributed by atoms with van der Waals surface area (Å²) in [6.45, 7) is 10.4. The van der Waals surface area contributed by atoms with Crippen LogP contribution in [0.4, 0.5) is 5.82 Å². The Morgan fingerprint density at radius 3 is 2.91 bits per heavy atom. The van der Waals surface area contributed by atoms with E-state index in [2.05, 4.69) is 20.9 Å². The van der Waals surface area contributed by atoms with E-state index in [1.807, 2.05) is 25.1 Å². The van der Waals surface area contributed by atoms with Crippen LogP contribution >= 0.6 is 0 Å². The van der Waals surface area contributed by atoms with Crippen LogP contribution < -0.4 is 4.74 Å². The van der Waals surface area contributed by atoms with E-state index >= 15 is 0 Å². The highest BCUT2D eigenvalue weighted by Crippen LogP contribution is 2.32. The molecule has 3 aromatic rings. The Kier molecular flexibility index (Phi) is 6.15. The van der Waals surface area contributed by atoms with Gasteiger partial charge < -0.3 is 14.5 Å². The average molecular weight is 435 g/mol. The number of pyridine rings is 1. The maximum Gasteiger partial charge on any atom is 0.278 e. The van der Waals surface area contributed by atoms with Crippen molar-refractivity contribution in [1.82, 2.24) is 9.88 Å². The largest absolute Gasteiger partial charge is 0.493 e. The first-order valence-electron chi connectivity index (χ1n) is 10.5. The molecule has 0 bridgehead atoms. The molecule has 4 rings (SSSR count). The van der Waals surface area contributed by atoms with E-state index < -0.39 is 0 Å². The predicted octanol–water partition coefficient (Wildman–Crippen LogP) is 4.77. The van der Waals surface area contributed by atoms with E-state index in [1.165, 1.54) is 0 Å². The molecule has 2 heterocycles. The smallest absolute Gasteiger partial charge is 0.278 e. The molecular formula is C26H21N5O2. The van der Waals surface area contributed by atoms with Gasteiger partial charge in [-0.25, -0.2) is 0 Å². The van der Waals surface area contributed by atoms with Gasteiger partial charge in [0.2, 0.25) is 0 Å². The standard InChI is InChI=1S/C26H21N5O2/c1-4-33-24-11-19(8-9-21(24)18-7-5-6-17(10-18)12-27)26(32)31(3)16-20-13-30-25(28-2)23-15-29-14-22(20)23/h5-11,13,15H,4,14,16H2,1,3H3. The number of fused-ring (bicyclic) bond motifs is 1. The Morgan fingerprint density at radius 2 is 2.15 bits per heavy atom. The van der Waals surface area contributed by atoms with E-state index in [9.17, 15) is 10.1 Å². The lowest BCUT2D eigenvalue weighted by atomic mass is 10.00. The fourth-order valence-corrected chi connectivity index (χ4v) is 3.84. The highest BCUT2D eigenvalue weighted by atomic mass is 16.5. The van der Waals surface area contributed by atoms with Gasteiger partial charge in [0, 0.05) is 42.1 Å². The van der Waals surface area contributed by atoms with Gasteiger partial charge in [0.1, 0.15) is 11.9 Å². The van der Waals surface area contributed by atoms with Crippen LogP contribution in [-0.2, 0) is 13.1 Å². The third kappa shape index (κ3) is 4.30. The second-order valence-electron chi connectivity index (χ2n) is 7.58. The molecule has 7 heteroatoms. The Labute approximate surface area is 192 Å². The molecule has 0 spiro atoms. The maximum atomic E-state index is 13.2. The second kappa shape index (κ2) is 9.33. The molecule has 1 aliphatic rings. The van der Waals surface area contributed by atoms with Gasteiger partial charge in [0.25, 0.3) is 11.7 Å². The normalized spacial score (nSPS) is 11.4. The number of hydrogen-bond donors (Lipinski definition) is 0. The zero-order valence-corrected chi connectivity index (χ0v) is 18.4. The molecule has 0 N–H and O–H groups in total. The average Bonchev–Trinajstić information content (AvgIpc) is 3.34. The molecule has 7 nitrogen and oxygen atoms in total. The summed E-state index contributed by atoms with van der Waals surface area (Å²) < 4.78 is 5.83. The van der Waals surface area contributed by atoms with Gasteiger partial charge in [-0.05, 0) is 48.4 Å². The number of nitrogens with zero attached hydrogens (tertiary/aromatic N) is 5. The minimum Gasteiger partial charge on any atom is -0.493 e. The summed E-state index contributed by atoms with van der Waals surface area (Å²) in [5, 5.41) is 9.21. The van der Waals surface area contributed by atoms with Crippen molar-refractivity contribution in [3.8, 4) is 22.9 Å². The van der Waals surface area contributed by atoms with Crippen molar-refractivity contribution in [3.05, 3.63) is 87.9 Å². The van der Waals surface area contributed by atoms with Crippen LogP contribution in [0.1, 0.15) is 39.5 Å². The zero-order valence-electron chi connectivity index (χ0n) is 18.4. The van der Waals surface area contributed by atoms with Gasteiger partial charge in [-0.1, -0.05) is 18.7 Å². The number of rotatable bonds is 6. The minimum absolute atomic E-state index is 0.157. The summed E-state index contributed by atoms with van der Waals surface area (Å²) in [5.41, 5.74) is 5.29. The number of carbonyl (C=O) groups excluding carboxylic acids is 1. The molecular weight excluding hydrogens is 414 g/mol. The lowest BCUT2D eigenvalue weighted by Crippen LogP contribution is -2.27. The third-order valence-corrected chi connectivity index (χ3v) is 5.46. The van der Waals surface area contributed by atoms with E-state index in [0.29, 0.717) is 42.4 Å². The third-order valence-electron chi connectivity index (χ3n) is 5.46. The SMILES string of the molecule is [C-]#[N+]c1ncc(CN(C)C(=O)c2ccc(-c3cccc(C#N)c3)c(OCC)c2)c2c1C=NC2. The first-order valence-corrected chi connectivity index (χ1v) is 10.5. The molecule has 0 saturated carbocycles. The van der Waals surface area contributed by atoms with E-state index in [1.54, 1.807) is 48.6 Å². The van der Waals surface area contributed by atoms with Crippen molar-refractivity contribution in [2.45, 2.75) is 20.0 Å². The molecule has 0 radical (unpaired) electrons. The summed E-state index contributed by atoms with van der Waals surface area (Å²) in [7, 11) is 1.73. The number of ether oxygens (including phenoxy) is 1. The summed E-state index contributed by atoms with van der Waals surface area (Å²) in [6, 6.07) is 14.8. The molecule has 0 unspecified atom stereocenters. The van der Waals surface area contributed by atoms with Crippen LogP contribution in [0.2, 0.25) is 0 Å². The van der Waals surface area contributed by atoms with Gasteiger partial charge in [-0.2, -0.15) is 5.26 Å². The number of aromatic nitrogens is 1. The Hall–Kier alpha value is -4.49. The Balaban J connectivity index is 1.61. The molecule has 2 aromatic carbocycles. The number of carbonyl (C=O) groups is 1. The lowest BCUT2D eigenvalue weighted by Gasteiger charge is -2.20. The zero-order chi connectivity index (χ0) is 23.4. The quantitative estimate of drug-likeness (QED) is 0.522. The molecule has 0 atom stereocenters. The van der Waals surface area contributed by atoms with Crippen LogP contribution in [0, 0.1) is 17.9 Å². The molecule has 162 valence electrons. The van der Waals surface area contributed by atoms with Gasteiger partial charge in [0.05, 0.1) is 24.8 Å². The number of hydrogen-bond acceptors (Lipinski definition) is 5. The Bertz CT molecular complexity index is 1350. The minimum atomic E-state index is -0.157. The number of benzene rings is 2. The van der Waals surface area contributed by atoms with Crippen LogP contribution in [0.15, 0.2) is 53.7 Å². The molecule has 0 aliphatic carbocycles. The van der Waals surface area contributed by atoms with Crippen molar-refractivity contribution in [3.63, 3.8) is 0 Å². The van der Waals surface area contributed by atoms with Gasteiger partial charge >= 0.3 is 0 Å². The summed E-state index contributed by atoms with van der Waals surface area (Å²) in [5.74, 6) is 0.765. The summed E-state index contributed by atoms with van der Waals surface area (Å²) in [4.78, 5) is 26.8. The summed E-state index contributed by atoms with van der Waals surface area (Å²) in [6.07, 6.45) is 3.33. The van der Waals surface area contributed by atoms with Crippen LogP contribution in [0.5, 0.6) is 5.75 Å². The predicted molar refractivity (Wildman–Crippen MR) is 125 cm³/mol. The first-order chi connectivity index (χ1) is 16.0. The maximum absolute atomic E-state index is 13.2. The molecule has 0 fully saturated rings. The number of nitriles is 1. The first kappa shape index (κ1) is 21.7. The van der Waals surface area contributed by atoms with Crippen molar-refractivity contribution < 1.29 is 9.53 Å². The fourth-order valence-electron chi connectivity index (χ4n) is 3.84. The van der Waals surface area contributed by atoms with Gasteiger partial charge in [0.15, 0.2) is 0 Å². The van der Waals surface area contributed by atoms with Crippen LogP contribution in [-0.4, -0.2) is 35.7 Å². The van der Waals surface area contributed by atoms with Crippen LogP contribution in [0.3, 0.4) is 0 Å². The highest BCUT2D eigenvalue weighted by Gasteiger charge is 2.21. The summed E-state index contributed by atoms with van der Waals surface area (Å²) >= 11 is 0. The molecule has 0 saturated heterocycles. The molecule has 1 aromatic heterocycles. The monoisotopic (exact) mass is 435 g/mol. The highest BCUT2D eigenvalue weighted by molar-refractivity contribution is 5.96. The molecule has 33 heavy (non-hydrogen) atoms. The van der Waals surface area contributed by atoms with E-state index in [0.717, 1.165) is 27.8 Å². The van der Waals surface area contributed by atoms with Crippen molar-refractivity contribution in [2.24, 2.45) is 4.99 Å². The van der Waals surface area contributed by atoms with Gasteiger partial charge in [-0.3, -0.25) is 9.79 Å². The molecule has 1 aliphatic heterocycles. The van der Waals surface area contributed by atoms with Gasteiger partial charge in [-0.15, -0.1) is 4.98 Å². The second-order valence-corrected chi connectivity index (χ2v) is 7.58. The van der Waals surface area contributed by atoms with E-state index in [-0.39, 0.29) is 5.91 Å².